The Morgan fingerprint density at radius 2 is 1.87 bits per heavy atom. The van der Waals surface area contributed by atoms with Crippen molar-refractivity contribution < 1.29 is 27.9 Å². The van der Waals surface area contributed by atoms with Gasteiger partial charge in [-0.1, -0.05) is 61.2 Å². The van der Waals surface area contributed by atoms with E-state index in [1.54, 1.807) is 18.9 Å². The lowest BCUT2D eigenvalue weighted by Gasteiger charge is -2.29. The number of likely N-dealkylation sites (tertiary alicyclic amines) is 1. The molecule has 0 spiro atoms. The Morgan fingerprint density at radius 1 is 1.09 bits per heavy atom. The average molecular weight is 766 g/mol. The van der Waals surface area contributed by atoms with Gasteiger partial charge in [0.25, 0.3) is 5.91 Å². The summed E-state index contributed by atoms with van der Waals surface area (Å²) in [4.78, 5) is 52.4. The first-order valence-electron chi connectivity index (χ1n) is 17.8. The molecule has 3 aromatic rings. The SMILES string of the molecule is COc1nc2ccccc2nc1-c1cccc(/C=C/CCC2=CSC(NCC(=O)N3CCCC3C(=O)NC(C(=O)NSC3CC3)C(C)C(F)F)N2C)c1. The highest BCUT2D eigenvalue weighted by molar-refractivity contribution is 8.02. The third-order valence-electron chi connectivity index (χ3n) is 9.56. The van der Waals surface area contributed by atoms with Crippen molar-refractivity contribution in [1.29, 1.82) is 0 Å². The van der Waals surface area contributed by atoms with Crippen LogP contribution in [0.5, 0.6) is 5.88 Å². The predicted octanol–water partition coefficient (Wildman–Crippen LogP) is 5.80. The van der Waals surface area contributed by atoms with Gasteiger partial charge in [0.2, 0.25) is 24.1 Å². The normalized spacial score (nSPS) is 19.8. The maximum atomic E-state index is 13.6. The molecule has 282 valence electrons. The van der Waals surface area contributed by atoms with Crippen LogP contribution in [0.2, 0.25) is 0 Å². The largest absolute Gasteiger partial charge is 0.479 e. The number of aromatic nitrogens is 2. The zero-order valence-corrected chi connectivity index (χ0v) is 31.6. The number of halogens is 2. The van der Waals surface area contributed by atoms with E-state index in [2.05, 4.69) is 48.9 Å². The topological polar surface area (TPSA) is 129 Å². The second kappa shape index (κ2) is 17.7. The summed E-state index contributed by atoms with van der Waals surface area (Å²) < 4.78 is 35.5. The molecule has 1 saturated carbocycles. The van der Waals surface area contributed by atoms with Crippen molar-refractivity contribution in [3.05, 3.63) is 71.3 Å². The maximum absolute atomic E-state index is 13.6. The lowest BCUT2D eigenvalue weighted by atomic mass is 10.0. The van der Waals surface area contributed by atoms with Crippen molar-refractivity contribution in [1.82, 2.24) is 35.1 Å². The van der Waals surface area contributed by atoms with Crippen molar-refractivity contribution in [3.8, 4) is 17.1 Å². The third-order valence-corrected chi connectivity index (χ3v) is 11.8. The van der Waals surface area contributed by atoms with Crippen LogP contribution in [0.1, 0.15) is 51.0 Å². The van der Waals surface area contributed by atoms with Gasteiger partial charge >= 0.3 is 0 Å². The highest BCUT2D eigenvalue weighted by Gasteiger charge is 2.39. The van der Waals surface area contributed by atoms with E-state index in [0.717, 1.165) is 53.5 Å². The number of fused-ring (bicyclic) bond motifs is 1. The minimum Gasteiger partial charge on any atom is -0.479 e. The molecular weight excluding hydrogens is 721 g/mol. The molecule has 1 aliphatic carbocycles. The van der Waals surface area contributed by atoms with E-state index >= 15 is 0 Å². The zero-order valence-electron chi connectivity index (χ0n) is 30.0. The van der Waals surface area contributed by atoms with Gasteiger partial charge in [-0.15, -0.1) is 0 Å². The molecule has 53 heavy (non-hydrogen) atoms. The fraction of sp³-hybridized carbons (Fsp3) is 0.447. The number of para-hydroxylation sites is 2. The number of amides is 3. The van der Waals surface area contributed by atoms with Crippen molar-refractivity contribution in [2.45, 2.75) is 74.7 Å². The summed E-state index contributed by atoms with van der Waals surface area (Å²) in [5.41, 5.74) is 5.18. The number of methoxy groups -OCH3 is 1. The van der Waals surface area contributed by atoms with Gasteiger partial charge in [-0.05, 0) is 79.6 Å². The van der Waals surface area contributed by atoms with Crippen LogP contribution in [0.3, 0.4) is 0 Å². The van der Waals surface area contributed by atoms with Crippen LogP contribution in [0, 0.1) is 5.92 Å². The number of ether oxygens (including phenoxy) is 1. The highest BCUT2D eigenvalue weighted by Crippen LogP contribution is 2.33. The number of rotatable bonds is 16. The quantitative estimate of drug-likeness (QED) is 0.154. The summed E-state index contributed by atoms with van der Waals surface area (Å²) in [6.07, 6.45) is 5.95. The Balaban J connectivity index is 0.973. The molecule has 3 aliphatic rings. The first-order chi connectivity index (χ1) is 25.6. The highest BCUT2D eigenvalue weighted by atomic mass is 32.2. The van der Waals surface area contributed by atoms with E-state index in [1.165, 1.54) is 23.8 Å². The van der Waals surface area contributed by atoms with Crippen LogP contribution >= 0.6 is 23.7 Å². The molecule has 1 aromatic heterocycles. The van der Waals surface area contributed by atoms with E-state index in [-0.39, 0.29) is 23.2 Å². The summed E-state index contributed by atoms with van der Waals surface area (Å²) in [6.45, 7) is 1.63. The summed E-state index contributed by atoms with van der Waals surface area (Å²) in [5, 5.41) is 8.20. The van der Waals surface area contributed by atoms with Crippen molar-refractivity contribution >= 4 is 58.5 Å². The lowest BCUT2D eigenvalue weighted by Crippen LogP contribution is -2.56. The van der Waals surface area contributed by atoms with Gasteiger partial charge in [0.1, 0.15) is 23.3 Å². The number of nitrogens with one attached hydrogen (secondary N) is 3. The summed E-state index contributed by atoms with van der Waals surface area (Å²) >= 11 is 2.78. The smallest absolute Gasteiger partial charge is 0.252 e. The molecule has 0 bridgehead atoms. The number of carbonyl (C=O) groups is 3. The minimum atomic E-state index is -2.79. The second-order valence-corrected chi connectivity index (χ2v) is 15.5. The minimum absolute atomic E-state index is 0.00486. The fourth-order valence-corrected chi connectivity index (χ4v) is 8.13. The Morgan fingerprint density at radius 3 is 2.60 bits per heavy atom. The predicted molar refractivity (Wildman–Crippen MR) is 206 cm³/mol. The van der Waals surface area contributed by atoms with Crippen LogP contribution in [0.15, 0.2) is 65.7 Å². The van der Waals surface area contributed by atoms with Crippen LogP contribution < -0.4 is 20.1 Å². The molecule has 2 aliphatic heterocycles. The zero-order chi connectivity index (χ0) is 37.5. The Labute approximate surface area is 316 Å². The number of nitrogens with zero attached hydrogens (tertiary/aromatic N) is 4. The number of allylic oxidation sites excluding steroid dienone is 2. The van der Waals surface area contributed by atoms with Crippen LogP contribution in [0.25, 0.3) is 28.4 Å². The van der Waals surface area contributed by atoms with Gasteiger partial charge in [-0.3, -0.25) is 24.4 Å². The molecule has 2 aromatic carbocycles. The molecule has 3 amide bonds. The van der Waals surface area contributed by atoms with E-state index in [0.29, 0.717) is 31.0 Å². The number of benzene rings is 2. The summed E-state index contributed by atoms with van der Waals surface area (Å²) in [7, 11) is 3.57. The number of carbonyl (C=O) groups excluding carboxylic acids is 3. The van der Waals surface area contributed by atoms with Gasteiger partial charge in [0, 0.05) is 36.0 Å². The van der Waals surface area contributed by atoms with Gasteiger partial charge in [-0.25, -0.2) is 18.7 Å². The average Bonchev–Trinajstić information content (AvgIpc) is 3.75. The molecule has 0 radical (unpaired) electrons. The van der Waals surface area contributed by atoms with E-state index in [4.69, 9.17) is 9.72 Å². The van der Waals surface area contributed by atoms with Crippen molar-refractivity contribution in [2.75, 3.05) is 27.2 Å². The molecule has 6 rings (SSSR count). The molecule has 4 atom stereocenters. The third kappa shape index (κ3) is 9.67. The molecule has 3 heterocycles. The van der Waals surface area contributed by atoms with Crippen molar-refractivity contribution in [3.63, 3.8) is 0 Å². The Kier molecular flexibility index (Phi) is 12.9. The Hall–Kier alpha value is -4.21. The standard InChI is InChI=1S/C38H45F2N7O4S2/c1-23(34(39)40)32(36(50)45-53-27-17-18-27)44-35(49)30-16-9-19-47(30)31(48)21-41-38-46(2)26(22-52-38)13-5-4-10-24-11-8-12-25(20-24)33-37(51-3)43-29-15-7-6-14-28(29)42-33/h4,6-8,10-12,14-15,20,22-23,27,30,32,34,38,41H,5,9,13,16-19,21H2,1-3H3,(H,44,49)(H,45,50)/b10-4+. The van der Waals surface area contributed by atoms with Gasteiger partial charge < -0.3 is 19.9 Å². The number of hydrogen-bond acceptors (Lipinski definition) is 10. The van der Waals surface area contributed by atoms with Gasteiger partial charge in [0.05, 0.1) is 24.7 Å². The van der Waals surface area contributed by atoms with Crippen LogP contribution in [0.4, 0.5) is 8.78 Å². The summed E-state index contributed by atoms with van der Waals surface area (Å²) in [5.74, 6) is -2.40. The molecule has 2 fully saturated rings. The fourth-order valence-electron chi connectivity index (χ4n) is 6.28. The van der Waals surface area contributed by atoms with Gasteiger partial charge in [0.15, 0.2) is 0 Å². The molecule has 4 unspecified atom stereocenters. The molecule has 3 N–H and O–H groups in total. The van der Waals surface area contributed by atoms with E-state index in [1.807, 2.05) is 49.5 Å². The maximum Gasteiger partial charge on any atom is 0.252 e. The first kappa shape index (κ1) is 38.5. The molecule has 11 nitrogen and oxygen atoms in total. The Bertz CT molecular complexity index is 1860. The van der Waals surface area contributed by atoms with Crippen LogP contribution in [-0.2, 0) is 14.4 Å². The van der Waals surface area contributed by atoms with E-state index in [9.17, 15) is 23.2 Å². The molecule has 1 saturated heterocycles. The van der Waals surface area contributed by atoms with Crippen molar-refractivity contribution in [2.24, 2.45) is 5.92 Å². The number of hydrogen-bond donors (Lipinski definition) is 3. The lowest BCUT2D eigenvalue weighted by molar-refractivity contribution is -0.139. The summed E-state index contributed by atoms with van der Waals surface area (Å²) in [6, 6.07) is 13.6. The molecular formula is C38H45F2N7O4S2. The van der Waals surface area contributed by atoms with Gasteiger partial charge in [-0.2, -0.15) is 0 Å². The second-order valence-electron chi connectivity index (χ2n) is 13.4. The molecule has 15 heteroatoms. The van der Waals surface area contributed by atoms with E-state index < -0.39 is 36.2 Å². The number of alkyl halides is 2. The number of thioether (sulfide) groups is 1. The monoisotopic (exact) mass is 765 g/mol. The van der Waals surface area contributed by atoms with Crippen LogP contribution in [-0.4, -0.2) is 94.0 Å². The first-order valence-corrected chi connectivity index (χ1v) is 19.7.